The van der Waals surface area contributed by atoms with Crippen LogP contribution in [0.5, 0.6) is 0 Å². The van der Waals surface area contributed by atoms with Crippen molar-refractivity contribution in [2.75, 3.05) is 48.8 Å². The topological polar surface area (TPSA) is 238 Å². The molecule has 0 bridgehead atoms. The molecule has 1 fully saturated rings. The van der Waals surface area contributed by atoms with Crippen LogP contribution in [0.3, 0.4) is 0 Å². The third-order valence-corrected chi connectivity index (χ3v) is 17.9. The van der Waals surface area contributed by atoms with Crippen LogP contribution in [0.25, 0.3) is 0 Å². The van der Waals surface area contributed by atoms with Gasteiger partial charge in [-0.2, -0.15) is 0 Å². The van der Waals surface area contributed by atoms with Crippen molar-refractivity contribution in [1.29, 1.82) is 0 Å². The smallest absolute Gasteiger partial charge is 0.246 e. The van der Waals surface area contributed by atoms with Gasteiger partial charge in [0.15, 0.2) is 11.6 Å². The molecule has 0 aromatic rings. The monoisotopic (exact) mass is 1210 g/mol. The predicted octanol–water partition coefficient (Wildman–Crippen LogP) is 6.70. The van der Waals surface area contributed by atoms with Gasteiger partial charge < -0.3 is 45.1 Å². The number of rotatable bonds is 15. The van der Waals surface area contributed by atoms with Gasteiger partial charge in [0, 0.05) is 66.6 Å². The van der Waals surface area contributed by atoms with E-state index < -0.39 is 155 Å². The second-order valence-electron chi connectivity index (χ2n) is 27.4. The molecule has 1 heterocycles. The van der Waals surface area contributed by atoms with Gasteiger partial charge in [-0.25, -0.2) is 0 Å². The third-order valence-electron chi connectivity index (χ3n) is 17.9. The van der Waals surface area contributed by atoms with Crippen molar-refractivity contribution in [3.63, 3.8) is 0 Å². The molecule has 1 aliphatic heterocycles. The molecule has 1 saturated heterocycles. The number of amides is 8. The lowest BCUT2D eigenvalue weighted by Gasteiger charge is -2.42. The predicted molar refractivity (Wildman–Crippen MR) is 340 cm³/mol. The number of carbonyl (C=O) groups is 10. The van der Waals surface area contributed by atoms with E-state index in [0.717, 1.165) is 0 Å². The van der Waals surface area contributed by atoms with Gasteiger partial charge in [-0.1, -0.05) is 122 Å². The van der Waals surface area contributed by atoms with Gasteiger partial charge in [-0.05, 0) is 115 Å². The number of hydrogen-bond acceptors (Lipinski definition) is 12. The molecule has 1 rings (SSSR count). The second kappa shape index (κ2) is 35.7. The van der Waals surface area contributed by atoms with Crippen LogP contribution >= 0.6 is 0 Å². The Kier molecular flexibility index (Phi) is 32.7. The molecule has 14 atom stereocenters. The van der Waals surface area contributed by atoms with E-state index in [9.17, 15) is 33.9 Å². The molecule has 0 aliphatic carbocycles. The molecule has 0 radical (unpaired) electrons. The van der Waals surface area contributed by atoms with E-state index in [1.165, 1.54) is 71.6 Å². The van der Waals surface area contributed by atoms with E-state index in [4.69, 9.17) is 0 Å². The molecule has 0 spiro atoms. The van der Waals surface area contributed by atoms with E-state index in [-0.39, 0.29) is 62.3 Å². The summed E-state index contributed by atoms with van der Waals surface area (Å²) in [6.07, 6.45) is 3.53. The van der Waals surface area contributed by atoms with Crippen LogP contribution < -0.4 is 10.6 Å². The maximum Gasteiger partial charge on any atom is 0.246 e. The summed E-state index contributed by atoms with van der Waals surface area (Å²) in [6.45, 7) is 36.5. The fraction of sp³-hybridized carbons (Fsp3) is 0.818. The van der Waals surface area contributed by atoms with Gasteiger partial charge in [0.25, 0.3) is 0 Å². The maximum atomic E-state index is 15.3. The second-order valence-corrected chi connectivity index (χ2v) is 27.4. The Labute approximate surface area is 519 Å². The molecule has 20 heteroatoms. The molecule has 494 valence electrons. The molecule has 0 aromatic carbocycles. The minimum atomic E-state index is -1.35. The Hall–Kier alpha value is -5.24. The van der Waals surface area contributed by atoms with E-state index in [1.54, 1.807) is 55.5 Å². The highest BCUT2D eigenvalue weighted by atomic mass is 16.3. The number of Topliss-reactive ketones (excluding diaryl/α,β-unsaturated/α-hetero) is 2. The van der Waals surface area contributed by atoms with Crippen molar-refractivity contribution in [3.05, 3.63) is 12.2 Å². The van der Waals surface area contributed by atoms with Gasteiger partial charge >= 0.3 is 0 Å². The first-order valence-electron chi connectivity index (χ1n) is 32.0. The van der Waals surface area contributed by atoms with Crippen LogP contribution in [0, 0.1) is 53.3 Å². The quantitative estimate of drug-likeness (QED) is 0.145. The Morgan fingerprint density at radius 2 is 0.965 bits per heavy atom. The fourth-order valence-electron chi connectivity index (χ4n) is 12.1. The number of allylic oxidation sites excluding steroid dienone is 2. The minimum Gasteiger partial charge on any atom is -0.390 e. The van der Waals surface area contributed by atoms with Crippen molar-refractivity contribution in [2.24, 2.45) is 53.3 Å². The standard InChI is InChI=1S/C66H119N9O11/c1-27-30-31-43(16)58(78)57-53(77)36-48(28-2)46(19)69(21)47(20)62(82)75(29-3)55(41(12)13)60(80)68-54(40(10)11)65(85)70(22)49(32-37(4)5)59(79)67-45(18)52(76)35-44(17)61(81)71(23)50(33-38(6)7)63(83)72(24)51(34-39(8)9)64(84)73(25)56(42(14)15)66(86)74(57)26/h27,30,37-51,54-58,78H,28-29,31-36H2,1-26H3,(H,67,79)(H,68,80)/b30-27+/t43-,44+,45+,46?,47-,48-,49+,50+,51+,54+,55+,56+,57-,58-/m1/s1. The van der Waals surface area contributed by atoms with Crippen LogP contribution in [0.15, 0.2) is 12.2 Å². The maximum absolute atomic E-state index is 15.3. The Balaban J connectivity index is 4.39. The lowest BCUT2D eigenvalue weighted by Crippen LogP contribution is -2.62. The molecular formula is C66H119N9O11. The number of aliphatic hydroxyl groups excluding tert-OH is 1. The van der Waals surface area contributed by atoms with Crippen LogP contribution in [0.2, 0.25) is 0 Å². The minimum absolute atomic E-state index is 0.0844. The summed E-state index contributed by atoms with van der Waals surface area (Å²) in [5.74, 6) is -8.60. The van der Waals surface area contributed by atoms with Gasteiger partial charge in [-0.15, -0.1) is 0 Å². The van der Waals surface area contributed by atoms with Gasteiger partial charge in [0.05, 0.1) is 18.2 Å². The highest BCUT2D eigenvalue weighted by molar-refractivity contribution is 5.99. The third kappa shape index (κ3) is 21.0. The van der Waals surface area contributed by atoms with E-state index >= 15 is 19.2 Å². The summed E-state index contributed by atoms with van der Waals surface area (Å²) < 4.78 is 0. The van der Waals surface area contributed by atoms with Crippen molar-refractivity contribution in [2.45, 2.75) is 250 Å². The van der Waals surface area contributed by atoms with E-state index in [1.807, 2.05) is 100 Å². The average Bonchev–Trinajstić information content (AvgIpc) is 1.38. The Morgan fingerprint density at radius 1 is 0.512 bits per heavy atom. The van der Waals surface area contributed by atoms with Crippen molar-refractivity contribution < 1.29 is 53.1 Å². The summed E-state index contributed by atoms with van der Waals surface area (Å²) in [7, 11) is 9.29. The normalized spacial score (nSPS) is 28.8. The van der Waals surface area contributed by atoms with Crippen LogP contribution in [-0.2, 0) is 47.9 Å². The highest BCUT2D eigenvalue weighted by Gasteiger charge is 2.46. The van der Waals surface area contributed by atoms with Crippen LogP contribution in [0.1, 0.15) is 183 Å². The number of likely N-dealkylation sites (N-methyl/N-ethyl adjacent to an activating group) is 7. The van der Waals surface area contributed by atoms with Crippen LogP contribution in [0.4, 0.5) is 0 Å². The van der Waals surface area contributed by atoms with Crippen molar-refractivity contribution in [1.82, 2.24) is 44.9 Å². The molecule has 3 N–H and O–H groups in total. The van der Waals surface area contributed by atoms with E-state index in [0.29, 0.717) is 12.8 Å². The molecule has 8 amide bonds. The molecular weight excluding hydrogens is 1090 g/mol. The Morgan fingerprint density at radius 3 is 1.41 bits per heavy atom. The highest BCUT2D eigenvalue weighted by Crippen LogP contribution is 2.29. The molecule has 1 aliphatic rings. The molecule has 0 saturated carbocycles. The van der Waals surface area contributed by atoms with Gasteiger partial charge in [-0.3, -0.25) is 52.8 Å². The zero-order valence-electron chi connectivity index (χ0n) is 58.0. The summed E-state index contributed by atoms with van der Waals surface area (Å²) in [4.78, 5) is 158. The number of carbonyl (C=O) groups excluding carboxylic acids is 10. The van der Waals surface area contributed by atoms with Crippen molar-refractivity contribution in [3.8, 4) is 0 Å². The first kappa shape index (κ1) is 78.8. The summed E-state index contributed by atoms with van der Waals surface area (Å²) in [5, 5.41) is 18.0. The number of nitrogens with one attached hydrogen (secondary N) is 2. The number of aliphatic hydroxyl groups is 1. The summed E-state index contributed by atoms with van der Waals surface area (Å²) >= 11 is 0. The summed E-state index contributed by atoms with van der Waals surface area (Å²) in [5.41, 5.74) is 0. The zero-order chi connectivity index (χ0) is 66.8. The lowest BCUT2D eigenvalue weighted by atomic mass is 9.84. The zero-order valence-corrected chi connectivity index (χ0v) is 58.0. The SMILES string of the molecule is C/C=C/C[C@@H](C)[C@@H](O)[C@H]1C(=O)C[C@@H](CC)C(C)N(C)[C@H](C)C(=O)N(CC)[C@@H](C(C)C)C(=O)N[C@@H](C(C)C)C(=O)N(C)[C@@H](CC(C)C)C(=O)N[C@@H](C)C(=O)C[C@H](C)C(=O)N(C)[C@@H](CC(C)C)C(=O)N(C)[C@@H](CC(C)C)C(=O)N(C)[C@@H](C(C)C)C(=O)N1C. The first-order valence-corrected chi connectivity index (χ1v) is 32.0. The Bertz CT molecular complexity index is 2300. The van der Waals surface area contributed by atoms with Gasteiger partial charge in [0.2, 0.25) is 47.3 Å². The van der Waals surface area contributed by atoms with Crippen molar-refractivity contribution >= 4 is 58.8 Å². The molecule has 20 nitrogen and oxygen atoms in total. The number of nitrogens with zero attached hydrogens (tertiary/aromatic N) is 7. The largest absolute Gasteiger partial charge is 0.390 e. The average molecular weight is 1210 g/mol. The molecule has 0 aromatic heterocycles. The lowest BCUT2D eigenvalue weighted by molar-refractivity contribution is -0.157. The fourth-order valence-corrected chi connectivity index (χ4v) is 12.1. The number of hydrogen-bond donors (Lipinski definition) is 3. The van der Waals surface area contributed by atoms with Gasteiger partial charge in [0.1, 0.15) is 42.3 Å². The molecule has 1 unspecified atom stereocenters. The molecule has 86 heavy (non-hydrogen) atoms. The van der Waals surface area contributed by atoms with E-state index in [2.05, 4.69) is 10.6 Å². The first-order chi connectivity index (χ1) is 39.7. The number of ketones is 2. The summed E-state index contributed by atoms with van der Waals surface area (Å²) in [6, 6.07) is -10.2. The van der Waals surface area contributed by atoms with Crippen LogP contribution in [-0.4, -0.2) is 214 Å².